The summed E-state index contributed by atoms with van der Waals surface area (Å²) in [5.74, 6) is 0.864. The van der Waals surface area contributed by atoms with E-state index in [1.807, 2.05) is 52.6 Å². The SMILES string of the molecule is c1cc2cc(OCc3cn4ccsc4n3)ccc2[nH]1. The topological polar surface area (TPSA) is 42.3 Å². The van der Waals surface area contributed by atoms with Crippen molar-refractivity contribution in [3.63, 3.8) is 0 Å². The molecule has 1 N–H and O–H groups in total. The monoisotopic (exact) mass is 269 g/mol. The molecule has 0 aliphatic carbocycles. The van der Waals surface area contributed by atoms with E-state index in [9.17, 15) is 0 Å². The normalized spacial score (nSPS) is 11.4. The second-order valence-corrected chi connectivity index (χ2v) is 5.21. The molecule has 0 saturated carbocycles. The van der Waals surface area contributed by atoms with Gasteiger partial charge in [-0.05, 0) is 24.3 Å². The van der Waals surface area contributed by atoms with Crippen LogP contribution in [0.3, 0.4) is 0 Å². The molecule has 0 fully saturated rings. The van der Waals surface area contributed by atoms with Crippen LogP contribution in [0.1, 0.15) is 5.69 Å². The maximum Gasteiger partial charge on any atom is 0.193 e. The van der Waals surface area contributed by atoms with Crippen molar-refractivity contribution in [3.05, 3.63) is 53.9 Å². The summed E-state index contributed by atoms with van der Waals surface area (Å²) in [6.45, 7) is 0.490. The molecule has 0 amide bonds. The lowest BCUT2D eigenvalue weighted by molar-refractivity contribution is 0.302. The quantitative estimate of drug-likeness (QED) is 0.619. The number of aromatic nitrogens is 3. The summed E-state index contributed by atoms with van der Waals surface area (Å²) < 4.78 is 7.80. The molecule has 0 spiro atoms. The van der Waals surface area contributed by atoms with Crippen molar-refractivity contribution in [1.82, 2.24) is 14.4 Å². The van der Waals surface area contributed by atoms with Crippen LogP contribution in [0.2, 0.25) is 0 Å². The molecule has 19 heavy (non-hydrogen) atoms. The molecule has 3 heterocycles. The zero-order chi connectivity index (χ0) is 12.7. The van der Waals surface area contributed by atoms with Gasteiger partial charge in [0.2, 0.25) is 0 Å². The van der Waals surface area contributed by atoms with Gasteiger partial charge in [0.25, 0.3) is 0 Å². The standard InChI is InChI=1S/C14H11N3OS/c1-2-13-10(3-4-15-13)7-12(1)18-9-11-8-17-5-6-19-14(17)16-11/h1-8,15H,9H2. The van der Waals surface area contributed by atoms with Gasteiger partial charge in [0.1, 0.15) is 12.4 Å². The Labute approximate surface area is 113 Å². The molecule has 4 aromatic rings. The minimum absolute atomic E-state index is 0.490. The van der Waals surface area contributed by atoms with Gasteiger partial charge in [0, 0.05) is 34.9 Å². The summed E-state index contributed by atoms with van der Waals surface area (Å²) in [7, 11) is 0. The zero-order valence-electron chi connectivity index (χ0n) is 10.0. The van der Waals surface area contributed by atoms with Crippen LogP contribution < -0.4 is 4.74 Å². The van der Waals surface area contributed by atoms with Gasteiger partial charge in [-0.15, -0.1) is 11.3 Å². The van der Waals surface area contributed by atoms with Crippen LogP contribution in [-0.2, 0) is 6.61 Å². The largest absolute Gasteiger partial charge is 0.487 e. The highest BCUT2D eigenvalue weighted by Gasteiger charge is 2.04. The summed E-state index contributed by atoms with van der Waals surface area (Å²) in [6.07, 6.45) is 5.93. The number of thiazole rings is 1. The average molecular weight is 269 g/mol. The summed E-state index contributed by atoms with van der Waals surface area (Å²) in [5, 5.41) is 3.18. The van der Waals surface area contributed by atoms with E-state index in [2.05, 4.69) is 9.97 Å². The Morgan fingerprint density at radius 1 is 1.32 bits per heavy atom. The predicted octanol–water partition coefficient (Wildman–Crippen LogP) is 3.46. The van der Waals surface area contributed by atoms with E-state index < -0.39 is 0 Å². The second kappa shape index (κ2) is 4.13. The van der Waals surface area contributed by atoms with E-state index in [4.69, 9.17) is 4.74 Å². The molecular formula is C14H11N3OS. The van der Waals surface area contributed by atoms with E-state index in [1.54, 1.807) is 11.3 Å². The Kier molecular flexibility index (Phi) is 2.31. The number of nitrogens with zero attached hydrogens (tertiary/aromatic N) is 2. The fraction of sp³-hybridized carbons (Fsp3) is 0.0714. The Morgan fingerprint density at radius 3 is 3.26 bits per heavy atom. The Bertz CT molecular complexity index is 814. The predicted molar refractivity (Wildman–Crippen MR) is 75.7 cm³/mol. The lowest BCUT2D eigenvalue weighted by Gasteiger charge is -2.03. The van der Waals surface area contributed by atoms with Crippen LogP contribution in [0.5, 0.6) is 5.75 Å². The first-order valence-corrected chi connectivity index (χ1v) is 6.87. The molecular weight excluding hydrogens is 258 g/mol. The average Bonchev–Trinajstić information content (AvgIpc) is 3.10. The third-order valence-corrected chi connectivity index (χ3v) is 3.83. The van der Waals surface area contributed by atoms with E-state index in [1.165, 1.54) is 0 Å². The van der Waals surface area contributed by atoms with Gasteiger partial charge in [-0.3, -0.25) is 4.40 Å². The number of imidazole rings is 1. The number of hydrogen-bond donors (Lipinski definition) is 1. The smallest absolute Gasteiger partial charge is 0.193 e. The molecule has 94 valence electrons. The molecule has 5 heteroatoms. The van der Waals surface area contributed by atoms with E-state index in [0.29, 0.717) is 6.61 Å². The molecule has 0 aliphatic heterocycles. The Balaban J connectivity index is 1.55. The third kappa shape index (κ3) is 1.88. The molecule has 0 radical (unpaired) electrons. The molecule has 3 aromatic heterocycles. The van der Waals surface area contributed by atoms with Gasteiger partial charge >= 0.3 is 0 Å². The van der Waals surface area contributed by atoms with Crippen molar-refractivity contribution < 1.29 is 4.74 Å². The number of aromatic amines is 1. The highest BCUT2D eigenvalue weighted by molar-refractivity contribution is 7.15. The van der Waals surface area contributed by atoms with Gasteiger partial charge in [0.15, 0.2) is 4.96 Å². The van der Waals surface area contributed by atoms with Crippen molar-refractivity contribution in [3.8, 4) is 5.75 Å². The first kappa shape index (κ1) is 10.6. The maximum atomic E-state index is 5.78. The van der Waals surface area contributed by atoms with Gasteiger partial charge < -0.3 is 9.72 Å². The van der Waals surface area contributed by atoms with Crippen molar-refractivity contribution in [2.45, 2.75) is 6.61 Å². The summed E-state index contributed by atoms with van der Waals surface area (Å²) in [4.78, 5) is 8.66. The molecule has 4 nitrogen and oxygen atoms in total. The molecule has 1 aromatic carbocycles. The zero-order valence-corrected chi connectivity index (χ0v) is 10.9. The minimum Gasteiger partial charge on any atom is -0.487 e. The maximum absolute atomic E-state index is 5.78. The molecule has 4 rings (SSSR count). The van der Waals surface area contributed by atoms with Gasteiger partial charge in [-0.1, -0.05) is 0 Å². The number of ether oxygens (including phenoxy) is 1. The van der Waals surface area contributed by atoms with Crippen LogP contribution in [0.4, 0.5) is 0 Å². The van der Waals surface area contributed by atoms with Crippen LogP contribution in [0, 0.1) is 0 Å². The molecule has 0 atom stereocenters. The summed E-state index contributed by atoms with van der Waals surface area (Å²) >= 11 is 1.63. The first-order valence-electron chi connectivity index (χ1n) is 5.99. The van der Waals surface area contributed by atoms with Crippen molar-refractivity contribution in [2.75, 3.05) is 0 Å². The van der Waals surface area contributed by atoms with Crippen LogP contribution in [0.15, 0.2) is 48.2 Å². The Morgan fingerprint density at radius 2 is 2.32 bits per heavy atom. The summed E-state index contributed by atoms with van der Waals surface area (Å²) in [5.41, 5.74) is 2.07. The molecule has 0 unspecified atom stereocenters. The van der Waals surface area contributed by atoms with Crippen LogP contribution in [-0.4, -0.2) is 14.4 Å². The summed E-state index contributed by atoms with van der Waals surface area (Å²) in [6, 6.07) is 8.06. The van der Waals surface area contributed by atoms with Gasteiger partial charge in [-0.2, -0.15) is 0 Å². The first-order chi connectivity index (χ1) is 9.38. The number of fused-ring (bicyclic) bond motifs is 2. The fourth-order valence-electron chi connectivity index (χ4n) is 2.12. The van der Waals surface area contributed by atoms with Crippen LogP contribution in [0.25, 0.3) is 15.9 Å². The lowest BCUT2D eigenvalue weighted by Crippen LogP contribution is -1.95. The minimum atomic E-state index is 0.490. The van der Waals surface area contributed by atoms with Crippen molar-refractivity contribution >= 4 is 27.2 Å². The highest BCUT2D eigenvalue weighted by atomic mass is 32.1. The number of benzene rings is 1. The lowest BCUT2D eigenvalue weighted by atomic mass is 10.2. The van der Waals surface area contributed by atoms with Crippen LogP contribution >= 0.6 is 11.3 Å². The van der Waals surface area contributed by atoms with Crippen molar-refractivity contribution in [1.29, 1.82) is 0 Å². The highest BCUT2D eigenvalue weighted by Crippen LogP contribution is 2.21. The number of hydrogen-bond acceptors (Lipinski definition) is 3. The van der Waals surface area contributed by atoms with Gasteiger partial charge in [-0.25, -0.2) is 4.98 Å². The fourth-order valence-corrected chi connectivity index (χ4v) is 2.84. The third-order valence-electron chi connectivity index (χ3n) is 3.05. The Hall–Kier alpha value is -2.27. The van der Waals surface area contributed by atoms with E-state index in [0.717, 1.165) is 27.3 Å². The van der Waals surface area contributed by atoms with E-state index >= 15 is 0 Å². The molecule has 0 aliphatic rings. The molecule has 0 bridgehead atoms. The van der Waals surface area contributed by atoms with E-state index in [-0.39, 0.29) is 0 Å². The number of H-pyrrole nitrogens is 1. The number of rotatable bonds is 3. The van der Waals surface area contributed by atoms with Crippen molar-refractivity contribution in [2.24, 2.45) is 0 Å². The van der Waals surface area contributed by atoms with Gasteiger partial charge in [0.05, 0.1) is 5.69 Å². The second-order valence-electron chi connectivity index (χ2n) is 4.34. The molecule has 0 saturated heterocycles. The number of nitrogens with one attached hydrogen (secondary N) is 1.